The third-order valence-electron chi connectivity index (χ3n) is 1.73. The zero-order valence-corrected chi connectivity index (χ0v) is 7.82. The van der Waals surface area contributed by atoms with Gasteiger partial charge in [0, 0.05) is 0 Å². The van der Waals surface area contributed by atoms with Gasteiger partial charge in [-0.15, -0.1) is 0 Å². The van der Waals surface area contributed by atoms with E-state index < -0.39 is 0 Å². The molecule has 1 rings (SSSR count). The van der Waals surface area contributed by atoms with E-state index in [1.54, 1.807) is 6.92 Å². The maximum absolute atomic E-state index is 8.52. The molecule has 3 nitrogen and oxygen atoms in total. The number of oxime groups is 1. The van der Waals surface area contributed by atoms with Crippen molar-refractivity contribution in [1.82, 2.24) is 0 Å². The minimum atomic E-state index is 0.600. The Labute approximate surface area is 77.6 Å². The van der Waals surface area contributed by atoms with Crippen molar-refractivity contribution in [3.8, 4) is 5.75 Å². The lowest BCUT2D eigenvalue weighted by Gasteiger charge is -2.03. The van der Waals surface area contributed by atoms with Crippen molar-refractivity contribution in [2.75, 3.05) is 6.61 Å². The van der Waals surface area contributed by atoms with Crippen molar-refractivity contribution < 1.29 is 9.94 Å². The highest BCUT2D eigenvalue weighted by molar-refractivity contribution is 5.98. The Balaban J connectivity index is 2.81. The second-order valence-electron chi connectivity index (χ2n) is 2.64. The molecular formula is C10H13NO2. The molecule has 0 spiro atoms. The molecule has 0 aliphatic heterocycles. The van der Waals surface area contributed by atoms with E-state index in [9.17, 15) is 0 Å². The second kappa shape index (κ2) is 4.50. The summed E-state index contributed by atoms with van der Waals surface area (Å²) in [4.78, 5) is 0. The van der Waals surface area contributed by atoms with Crippen LogP contribution in [0.5, 0.6) is 5.75 Å². The largest absolute Gasteiger partial charge is 0.494 e. The van der Waals surface area contributed by atoms with Gasteiger partial charge in [0.1, 0.15) is 5.75 Å². The Morgan fingerprint density at radius 2 is 2.00 bits per heavy atom. The summed E-state index contributed by atoms with van der Waals surface area (Å²) < 4.78 is 5.27. The third kappa shape index (κ3) is 2.47. The summed E-state index contributed by atoms with van der Waals surface area (Å²) >= 11 is 0. The van der Waals surface area contributed by atoms with Gasteiger partial charge in [-0.1, -0.05) is 5.16 Å². The standard InChI is InChI=1S/C10H13NO2/c1-3-13-10-6-4-9(5-7-10)8(2)11-12/h4-7,12H,3H2,1-2H3/b11-8-. The summed E-state index contributed by atoms with van der Waals surface area (Å²) in [6, 6.07) is 7.43. The molecule has 0 saturated heterocycles. The molecule has 70 valence electrons. The van der Waals surface area contributed by atoms with Crippen LogP contribution < -0.4 is 4.74 Å². The van der Waals surface area contributed by atoms with E-state index in [2.05, 4.69) is 5.16 Å². The van der Waals surface area contributed by atoms with Crippen LogP contribution in [0.1, 0.15) is 19.4 Å². The third-order valence-corrected chi connectivity index (χ3v) is 1.73. The van der Waals surface area contributed by atoms with E-state index >= 15 is 0 Å². The van der Waals surface area contributed by atoms with Crippen LogP contribution in [0, 0.1) is 0 Å². The van der Waals surface area contributed by atoms with E-state index in [-0.39, 0.29) is 0 Å². The minimum Gasteiger partial charge on any atom is -0.494 e. The van der Waals surface area contributed by atoms with Crippen molar-refractivity contribution in [1.29, 1.82) is 0 Å². The fraction of sp³-hybridized carbons (Fsp3) is 0.300. The number of nitrogens with zero attached hydrogens (tertiary/aromatic N) is 1. The van der Waals surface area contributed by atoms with Gasteiger partial charge in [-0.3, -0.25) is 0 Å². The Kier molecular flexibility index (Phi) is 3.31. The summed E-state index contributed by atoms with van der Waals surface area (Å²) in [6.07, 6.45) is 0. The fourth-order valence-electron chi connectivity index (χ4n) is 1.02. The van der Waals surface area contributed by atoms with Crippen molar-refractivity contribution in [3.05, 3.63) is 29.8 Å². The predicted octanol–water partition coefficient (Wildman–Crippen LogP) is 2.28. The van der Waals surface area contributed by atoms with E-state index in [1.807, 2.05) is 31.2 Å². The Bertz CT molecular complexity index is 290. The summed E-state index contributed by atoms with van der Waals surface area (Å²) in [5.74, 6) is 0.831. The van der Waals surface area contributed by atoms with Crippen LogP contribution in [0.4, 0.5) is 0 Å². The summed E-state index contributed by atoms with van der Waals surface area (Å²) in [5, 5.41) is 11.6. The first-order valence-corrected chi connectivity index (χ1v) is 4.19. The van der Waals surface area contributed by atoms with E-state index in [0.717, 1.165) is 11.3 Å². The average Bonchev–Trinajstić information content (AvgIpc) is 2.18. The average molecular weight is 179 g/mol. The monoisotopic (exact) mass is 179 g/mol. The van der Waals surface area contributed by atoms with E-state index in [4.69, 9.17) is 9.94 Å². The van der Waals surface area contributed by atoms with Crippen LogP contribution in [-0.2, 0) is 0 Å². The lowest BCUT2D eigenvalue weighted by molar-refractivity contribution is 0.319. The van der Waals surface area contributed by atoms with Gasteiger partial charge in [0.25, 0.3) is 0 Å². The maximum atomic E-state index is 8.52. The van der Waals surface area contributed by atoms with Gasteiger partial charge in [-0.2, -0.15) is 0 Å². The quantitative estimate of drug-likeness (QED) is 0.439. The molecule has 13 heavy (non-hydrogen) atoms. The Morgan fingerprint density at radius 3 is 2.46 bits per heavy atom. The highest BCUT2D eigenvalue weighted by Gasteiger charge is 1.97. The second-order valence-corrected chi connectivity index (χ2v) is 2.64. The van der Waals surface area contributed by atoms with Crippen LogP contribution in [0.25, 0.3) is 0 Å². The van der Waals surface area contributed by atoms with Gasteiger partial charge in [-0.05, 0) is 43.7 Å². The SMILES string of the molecule is CCOc1ccc(/C(C)=N\O)cc1. The molecule has 0 aliphatic rings. The van der Waals surface area contributed by atoms with Crippen molar-refractivity contribution in [2.24, 2.45) is 5.16 Å². The van der Waals surface area contributed by atoms with Crippen molar-refractivity contribution >= 4 is 5.71 Å². The molecule has 0 bridgehead atoms. The fourth-order valence-corrected chi connectivity index (χ4v) is 1.02. The van der Waals surface area contributed by atoms with Gasteiger partial charge in [0.2, 0.25) is 0 Å². The van der Waals surface area contributed by atoms with Crippen molar-refractivity contribution in [3.63, 3.8) is 0 Å². The Hall–Kier alpha value is -1.51. The lowest BCUT2D eigenvalue weighted by atomic mass is 10.1. The molecule has 0 radical (unpaired) electrons. The van der Waals surface area contributed by atoms with Crippen LogP contribution in [0.3, 0.4) is 0 Å². The molecular weight excluding hydrogens is 166 g/mol. The first kappa shape index (κ1) is 9.58. The van der Waals surface area contributed by atoms with E-state index in [0.29, 0.717) is 12.3 Å². The van der Waals surface area contributed by atoms with Gasteiger partial charge in [0.15, 0.2) is 0 Å². The summed E-state index contributed by atoms with van der Waals surface area (Å²) in [6.45, 7) is 4.34. The Morgan fingerprint density at radius 1 is 1.38 bits per heavy atom. The number of ether oxygens (including phenoxy) is 1. The molecule has 0 fully saturated rings. The molecule has 1 aromatic carbocycles. The normalized spacial score (nSPS) is 11.4. The smallest absolute Gasteiger partial charge is 0.119 e. The first-order valence-electron chi connectivity index (χ1n) is 4.19. The first-order chi connectivity index (χ1) is 6.27. The minimum absolute atomic E-state index is 0.600. The zero-order valence-electron chi connectivity index (χ0n) is 7.82. The molecule has 3 heteroatoms. The van der Waals surface area contributed by atoms with E-state index in [1.165, 1.54) is 0 Å². The highest BCUT2D eigenvalue weighted by Crippen LogP contribution is 2.12. The van der Waals surface area contributed by atoms with Crippen molar-refractivity contribution in [2.45, 2.75) is 13.8 Å². The molecule has 0 aliphatic carbocycles. The van der Waals surface area contributed by atoms with Gasteiger partial charge in [-0.25, -0.2) is 0 Å². The number of benzene rings is 1. The molecule has 1 N–H and O–H groups in total. The summed E-state index contributed by atoms with van der Waals surface area (Å²) in [5.41, 5.74) is 1.49. The van der Waals surface area contributed by atoms with Crippen LogP contribution in [0.2, 0.25) is 0 Å². The van der Waals surface area contributed by atoms with Crippen LogP contribution >= 0.6 is 0 Å². The molecule has 0 saturated carbocycles. The molecule has 0 amide bonds. The molecule has 0 heterocycles. The number of rotatable bonds is 3. The topological polar surface area (TPSA) is 41.8 Å². The molecule has 0 atom stereocenters. The van der Waals surface area contributed by atoms with Crippen LogP contribution in [0.15, 0.2) is 29.4 Å². The highest BCUT2D eigenvalue weighted by atomic mass is 16.5. The molecule has 1 aromatic rings. The number of hydrogen-bond acceptors (Lipinski definition) is 3. The van der Waals surface area contributed by atoms with Crippen LogP contribution in [-0.4, -0.2) is 17.5 Å². The van der Waals surface area contributed by atoms with Gasteiger partial charge < -0.3 is 9.94 Å². The maximum Gasteiger partial charge on any atom is 0.119 e. The molecule has 0 aromatic heterocycles. The van der Waals surface area contributed by atoms with Gasteiger partial charge >= 0.3 is 0 Å². The summed E-state index contributed by atoms with van der Waals surface area (Å²) in [7, 11) is 0. The predicted molar refractivity (Wildman–Crippen MR) is 51.6 cm³/mol. The number of hydrogen-bond donors (Lipinski definition) is 1. The lowest BCUT2D eigenvalue weighted by Crippen LogP contribution is -1.95. The zero-order chi connectivity index (χ0) is 9.68. The van der Waals surface area contributed by atoms with Gasteiger partial charge in [0.05, 0.1) is 12.3 Å². The molecule has 0 unspecified atom stereocenters.